The van der Waals surface area contributed by atoms with E-state index in [-0.39, 0.29) is 5.91 Å². The van der Waals surface area contributed by atoms with Crippen LogP contribution in [0.25, 0.3) is 34.2 Å². The summed E-state index contributed by atoms with van der Waals surface area (Å²) in [5.41, 5.74) is 5.12. The van der Waals surface area contributed by atoms with E-state index in [9.17, 15) is 4.79 Å². The molecule has 8 heteroatoms. The number of para-hydroxylation sites is 2. The molecule has 38 heavy (non-hydrogen) atoms. The average Bonchev–Trinajstić information content (AvgIpc) is 3.62. The van der Waals surface area contributed by atoms with E-state index >= 15 is 0 Å². The lowest BCUT2D eigenvalue weighted by molar-refractivity contribution is -0.122. The summed E-state index contributed by atoms with van der Waals surface area (Å²) in [5.74, 6) is 1.11. The zero-order chi connectivity index (χ0) is 26.2. The molecule has 3 aromatic carbocycles. The number of ether oxygens (including phenoxy) is 1. The van der Waals surface area contributed by atoms with Crippen LogP contribution < -0.4 is 4.74 Å². The SMILES string of the molecule is COc1cccc2cc(-c3nn(-c4ccccc4)cc3/C=C3\SC(=S)N(Cc4ccc(C)cc4)C3=O)oc12. The smallest absolute Gasteiger partial charge is 0.266 e. The van der Waals surface area contributed by atoms with Crippen molar-refractivity contribution in [2.24, 2.45) is 0 Å². The van der Waals surface area contributed by atoms with E-state index in [1.807, 2.05) is 98.1 Å². The van der Waals surface area contributed by atoms with Gasteiger partial charge in [0.25, 0.3) is 5.91 Å². The number of carbonyl (C=O) groups is 1. The molecule has 0 bridgehead atoms. The van der Waals surface area contributed by atoms with Crippen LogP contribution in [-0.4, -0.2) is 32.0 Å². The van der Waals surface area contributed by atoms with Gasteiger partial charge in [0.05, 0.1) is 24.2 Å². The zero-order valence-electron chi connectivity index (χ0n) is 20.8. The molecule has 2 aromatic heterocycles. The number of carbonyl (C=O) groups excluding carboxylic acids is 1. The Balaban J connectivity index is 1.41. The van der Waals surface area contributed by atoms with Crippen LogP contribution in [0.5, 0.6) is 5.75 Å². The summed E-state index contributed by atoms with van der Waals surface area (Å²) in [6.45, 7) is 2.47. The number of furan rings is 1. The van der Waals surface area contributed by atoms with Gasteiger partial charge in [0.15, 0.2) is 17.1 Å². The van der Waals surface area contributed by atoms with Crippen molar-refractivity contribution in [2.45, 2.75) is 13.5 Å². The molecule has 0 unspecified atom stereocenters. The van der Waals surface area contributed by atoms with Crippen LogP contribution in [0.1, 0.15) is 16.7 Å². The van der Waals surface area contributed by atoms with Crippen molar-refractivity contribution in [3.05, 3.63) is 107 Å². The van der Waals surface area contributed by atoms with Crippen LogP contribution >= 0.6 is 24.0 Å². The number of methoxy groups -OCH3 is 1. The molecule has 5 aromatic rings. The van der Waals surface area contributed by atoms with Crippen LogP contribution in [0.15, 0.2) is 94.4 Å². The van der Waals surface area contributed by atoms with E-state index in [0.29, 0.717) is 38.6 Å². The number of fused-ring (bicyclic) bond motifs is 1. The van der Waals surface area contributed by atoms with Gasteiger partial charge in [0.2, 0.25) is 0 Å². The number of rotatable bonds is 6. The van der Waals surface area contributed by atoms with Gasteiger partial charge in [-0.3, -0.25) is 9.69 Å². The summed E-state index contributed by atoms with van der Waals surface area (Å²) in [5, 5.41) is 5.76. The second-order valence-corrected chi connectivity index (χ2v) is 10.6. The van der Waals surface area contributed by atoms with E-state index in [1.54, 1.807) is 16.7 Å². The Morgan fingerprint density at radius 2 is 1.84 bits per heavy atom. The first kappa shape index (κ1) is 24.2. The van der Waals surface area contributed by atoms with E-state index in [0.717, 1.165) is 22.2 Å². The fourth-order valence-corrected chi connectivity index (χ4v) is 5.61. The summed E-state index contributed by atoms with van der Waals surface area (Å²) < 4.78 is 14.0. The van der Waals surface area contributed by atoms with Gasteiger partial charge in [-0.1, -0.05) is 84.1 Å². The standard InChI is InChI=1S/C30H23N3O3S2/c1-19-11-13-20(14-12-19)17-32-29(34)26(38-30(32)37)16-22-18-33(23-8-4-3-5-9-23)31-27(22)25-15-21-7-6-10-24(35-2)28(21)36-25/h3-16,18H,17H2,1-2H3/b26-16-. The molecular formula is C30H23N3O3S2. The van der Waals surface area contributed by atoms with E-state index in [4.69, 9.17) is 26.5 Å². The van der Waals surface area contributed by atoms with Gasteiger partial charge in [-0.2, -0.15) is 5.10 Å². The highest BCUT2D eigenvalue weighted by molar-refractivity contribution is 8.26. The molecule has 0 N–H and O–H groups in total. The number of benzene rings is 3. The predicted octanol–water partition coefficient (Wildman–Crippen LogP) is 7.00. The first-order valence-electron chi connectivity index (χ1n) is 12.0. The molecule has 6 rings (SSSR count). The van der Waals surface area contributed by atoms with Gasteiger partial charge in [-0.15, -0.1) is 0 Å². The first-order valence-corrected chi connectivity index (χ1v) is 13.3. The fourth-order valence-electron chi connectivity index (χ4n) is 4.36. The molecule has 0 aliphatic carbocycles. The molecule has 1 fully saturated rings. The normalized spacial score (nSPS) is 14.7. The molecule has 188 valence electrons. The third-order valence-electron chi connectivity index (χ3n) is 6.35. The van der Waals surface area contributed by atoms with Crippen molar-refractivity contribution in [1.29, 1.82) is 0 Å². The predicted molar refractivity (Wildman–Crippen MR) is 155 cm³/mol. The number of hydrogen-bond acceptors (Lipinski definition) is 6. The summed E-state index contributed by atoms with van der Waals surface area (Å²) in [6, 6.07) is 25.6. The van der Waals surface area contributed by atoms with Crippen LogP contribution in [0.4, 0.5) is 0 Å². The first-order chi connectivity index (χ1) is 18.5. The van der Waals surface area contributed by atoms with E-state index in [1.165, 1.54) is 17.3 Å². The Morgan fingerprint density at radius 3 is 2.61 bits per heavy atom. The second-order valence-electron chi connectivity index (χ2n) is 8.96. The molecule has 0 spiro atoms. The maximum Gasteiger partial charge on any atom is 0.266 e. The van der Waals surface area contributed by atoms with Gasteiger partial charge >= 0.3 is 0 Å². The second kappa shape index (κ2) is 9.96. The Kier molecular flexibility index (Phi) is 6.35. The molecule has 1 aliphatic heterocycles. The minimum absolute atomic E-state index is 0.120. The van der Waals surface area contributed by atoms with Gasteiger partial charge in [0.1, 0.15) is 10.0 Å². The molecule has 0 atom stereocenters. The quantitative estimate of drug-likeness (QED) is 0.172. The lowest BCUT2D eigenvalue weighted by Gasteiger charge is -2.14. The Hall–Kier alpha value is -4.14. The minimum atomic E-state index is -0.120. The lowest BCUT2D eigenvalue weighted by atomic mass is 10.1. The minimum Gasteiger partial charge on any atom is -0.493 e. The van der Waals surface area contributed by atoms with E-state index < -0.39 is 0 Å². The van der Waals surface area contributed by atoms with Crippen molar-refractivity contribution in [3.63, 3.8) is 0 Å². The number of hydrogen-bond donors (Lipinski definition) is 0. The molecule has 1 aliphatic rings. The van der Waals surface area contributed by atoms with Gasteiger partial charge in [-0.25, -0.2) is 4.68 Å². The largest absolute Gasteiger partial charge is 0.493 e. The fraction of sp³-hybridized carbons (Fsp3) is 0.100. The summed E-state index contributed by atoms with van der Waals surface area (Å²) in [6.07, 6.45) is 3.75. The Bertz CT molecular complexity index is 1700. The van der Waals surface area contributed by atoms with Gasteiger partial charge in [-0.05, 0) is 42.8 Å². The van der Waals surface area contributed by atoms with Crippen LogP contribution in [0.3, 0.4) is 0 Å². The molecular weight excluding hydrogens is 514 g/mol. The maximum atomic E-state index is 13.4. The molecule has 1 amide bonds. The monoisotopic (exact) mass is 537 g/mol. The number of thiocarbonyl (C=S) groups is 1. The zero-order valence-corrected chi connectivity index (χ0v) is 22.4. The topological polar surface area (TPSA) is 60.5 Å². The van der Waals surface area contributed by atoms with Gasteiger partial charge in [0, 0.05) is 17.1 Å². The number of amides is 1. The molecule has 0 radical (unpaired) electrons. The molecule has 6 nitrogen and oxygen atoms in total. The maximum absolute atomic E-state index is 13.4. The number of nitrogens with zero attached hydrogens (tertiary/aromatic N) is 3. The van der Waals surface area contributed by atoms with Crippen molar-refractivity contribution in [3.8, 4) is 22.9 Å². The summed E-state index contributed by atoms with van der Waals surface area (Å²) in [4.78, 5) is 15.6. The van der Waals surface area contributed by atoms with Crippen LogP contribution in [-0.2, 0) is 11.3 Å². The summed E-state index contributed by atoms with van der Waals surface area (Å²) in [7, 11) is 1.62. The van der Waals surface area contributed by atoms with Crippen molar-refractivity contribution < 1.29 is 13.9 Å². The highest BCUT2D eigenvalue weighted by atomic mass is 32.2. The molecule has 1 saturated heterocycles. The average molecular weight is 538 g/mol. The van der Waals surface area contributed by atoms with Crippen LogP contribution in [0, 0.1) is 6.92 Å². The Labute approximate surface area is 229 Å². The van der Waals surface area contributed by atoms with Crippen molar-refractivity contribution in [1.82, 2.24) is 14.7 Å². The van der Waals surface area contributed by atoms with Crippen LogP contribution in [0.2, 0.25) is 0 Å². The number of aryl methyl sites for hydroxylation is 1. The molecule has 0 saturated carbocycles. The molecule has 3 heterocycles. The number of thioether (sulfide) groups is 1. The van der Waals surface area contributed by atoms with Crippen molar-refractivity contribution >= 4 is 51.3 Å². The van der Waals surface area contributed by atoms with Crippen molar-refractivity contribution in [2.75, 3.05) is 7.11 Å². The van der Waals surface area contributed by atoms with E-state index in [2.05, 4.69) is 0 Å². The highest BCUT2D eigenvalue weighted by Gasteiger charge is 2.32. The summed E-state index contributed by atoms with van der Waals surface area (Å²) >= 11 is 6.89. The third kappa shape index (κ3) is 4.53. The lowest BCUT2D eigenvalue weighted by Crippen LogP contribution is -2.27. The third-order valence-corrected chi connectivity index (χ3v) is 7.72. The number of aromatic nitrogens is 2. The van der Waals surface area contributed by atoms with Gasteiger partial charge < -0.3 is 9.15 Å². The Morgan fingerprint density at radius 1 is 1.05 bits per heavy atom. The highest BCUT2D eigenvalue weighted by Crippen LogP contribution is 2.38.